The van der Waals surface area contributed by atoms with E-state index in [9.17, 15) is 13.2 Å². The molecule has 7 heteroatoms. The van der Waals surface area contributed by atoms with Crippen LogP contribution in [0.15, 0.2) is 47.2 Å². The zero-order chi connectivity index (χ0) is 17.2. The van der Waals surface area contributed by atoms with E-state index in [0.29, 0.717) is 6.42 Å². The summed E-state index contributed by atoms with van der Waals surface area (Å²) >= 11 is 1.53. The molecule has 1 aliphatic rings. The van der Waals surface area contributed by atoms with Crippen LogP contribution in [0.4, 0.5) is 0 Å². The highest BCUT2D eigenvalue weighted by Gasteiger charge is 2.40. The van der Waals surface area contributed by atoms with Gasteiger partial charge in [0.15, 0.2) is 0 Å². The van der Waals surface area contributed by atoms with Crippen molar-refractivity contribution in [1.82, 2.24) is 4.31 Å². The van der Waals surface area contributed by atoms with Crippen LogP contribution in [0.2, 0.25) is 0 Å². The molecule has 24 heavy (non-hydrogen) atoms. The lowest BCUT2D eigenvalue weighted by atomic mass is 10.0. The van der Waals surface area contributed by atoms with Crippen LogP contribution in [0.3, 0.4) is 0 Å². The number of ether oxygens (including phenoxy) is 1. The van der Waals surface area contributed by atoms with Gasteiger partial charge in [-0.3, -0.25) is 0 Å². The van der Waals surface area contributed by atoms with Crippen LogP contribution >= 0.6 is 11.3 Å². The maximum absolute atomic E-state index is 12.8. The summed E-state index contributed by atoms with van der Waals surface area (Å²) in [5.74, 6) is -0.564. The third-order valence-corrected chi connectivity index (χ3v) is 6.43. The molecule has 1 aromatic heterocycles. The first-order valence-corrected chi connectivity index (χ1v) is 9.80. The average Bonchev–Trinajstić information content (AvgIpc) is 3.08. The Morgan fingerprint density at radius 3 is 2.75 bits per heavy atom. The molecular weight excluding hydrogens is 346 g/mol. The van der Waals surface area contributed by atoms with Gasteiger partial charge in [-0.25, -0.2) is 13.2 Å². The summed E-state index contributed by atoms with van der Waals surface area (Å²) in [5, 5.41) is 3.02. The van der Waals surface area contributed by atoms with Crippen molar-refractivity contribution in [2.45, 2.75) is 12.5 Å². The topological polar surface area (TPSA) is 63.7 Å². The fraction of sp³-hybridized carbons (Fsp3) is 0.235. The maximum atomic E-state index is 12.8. The molecule has 5 nitrogen and oxygen atoms in total. The minimum atomic E-state index is -3.75. The molecule has 2 heterocycles. The molecular formula is C17H17NO4S2. The van der Waals surface area contributed by atoms with Crippen molar-refractivity contribution in [3.63, 3.8) is 0 Å². The number of fused-ring (bicyclic) bond motifs is 1. The monoisotopic (exact) mass is 363 g/mol. The van der Waals surface area contributed by atoms with Gasteiger partial charge in [0.2, 0.25) is 10.0 Å². The standard InChI is InChI=1S/C17H17NO4S2/c1-22-17(19)16-14-8-11-23-15(14)7-10-18(16)24(20,21)12-9-13-5-3-2-4-6-13/h2-6,8-9,11-12,16H,7,10H2,1H3/b12-9+. The molecule has 2 aromatic rings. The van der Waals surface area contributed by atoms with Gasteiger partial charge >= 0.3 is 5.97 Å². The van der Waals surface area contributed by atoms with E-state index in [0.717, 1.165) is 21.4 Å². The van der Waals surface area contributed by atoms with E-state index in [1.165, 1.54) is 28.8 Å². The first-order valence-electron chi connectivity index (χ1n) is 7.42. The quantitative estimate of drug-likeness (QED) is 0.784. The van der Waals surface area contributed by atoms with Crippen LogP contribution in [0, 0.1) is 0 Å². The van der Waals surface area contributed by atoms with Gasteiger partial charge in [-0.2, -0.15) is 4.31 Å². The lowest BCUT2D eigenvalue weighted by Gasteiger charge is -2.31. The Morgan fingerprint density at radius 2 is 2.04 bits per heavy atom. The van der Waals surface area contributed by atoms with Gasteiger partial charge in [-0.1, -0.05) is 30.3 Å². The summed E-state index contributed by atoms with van der Waals surface area (Å²) in [4.78, 5) is 13.2. The molecule has 3 rings (SSSR count). The number of sulfonamides is 1. The number of methoxy groups -OCH3 is 1. The predicted molar refractivity (Wildman–Crippen MR) is 93.9 cm³/mol. The Labute approximate surface area is 145 Å². The van der Waals surface area contributed by atoms with Crippen LogP contribution < -0.4 is 0 Å². The van der Waals surface area contributed by atoms with E-state index in [1.54, 1.807) is 6.07 Å². The SMILES string of the molecule is COC(=O)C1c2ccsc2CCN1S(=O)(=O)/C=C/c1ccccc1. The van der Waals surface area contributed by atoms with Gasteiger partial charge in [0.1, 0.15) is 6.04 Å². The molecule has 0 amide bonds. The number of esters is 1. The van der Waals surface area contributed by atoms with E-state index in [4.69, 9.17) is 4.74 Å². The van der Waals surface area contributed by atoms with Crippen LogP contribution in [0.25, 0.3) is 6.08 Å². The molecule has 0 fully saturated rings. The van der Waals surface area contributed by atoms with Crippen molar-refractivity contribution >= 4 is 33.4 Å². The normalized spacial score (nSPS) is 18.5. The van der Waals surface area contributed by atoms with Crippen LogP contribution in [0.5, 0.6) is 0 Å². The maximum Gasteiger partial charge on any atom is 0.328 e. The highest BCUT2D eigenvalue weighted by Crippen LogP contribution is 2.36. The fourth-order valence-corrected chi connectivity index (χ4v) is 4.96. The fourth-order valence-electron chi connectivity index (χ4n) is 2.73. The Morgan fingerprint density at radius 1 is 1.29 bits per heavy atom. The van der Waals surface area contributed by atoms with Gasteiger partial charge in [-0.15, -0.1) is 11.3 Å². The predicted octanol–water partition coefficient (Wildman–Crippen LogP) is 2.82. The summed E-state index contributed by atoms with van der Waals surface area (Å²) in [7, 11) is -2.48. The zero-order valence-electron chi connectivity index (χ0n) is 13.1. The first-order chi connectivity index (χ1) is 11.5. The second-order valence-electron chi connectivity index (χ2n) is 5.34. The van der Waals surface area contributed by atoms with Gasteiger partial charge in [0, 0.05) is 16.8 Å². The van der Waals surface area contributed by atoms with Crippen molar-refractivity contribution in [3.05, 3.63) is 63.2 Å². The number of thiophene rings is 1. The molecule has 1 aromatic carbocycles. The second-order valence-corrected chi connectivity index (χ2v) is 8.12. The number of rotatable bonds is 4. The average molecular weight is 363 g/mol. The van der Waals surface area contributed by atoms with Crippen molar-refractivity contribution in [2.75, 3.05) is 13.7 Å². The Kier molecular flexibility index (Phi) is 4.84. The molecule has 0 bridgehead atoms. The molecule has 1 atom stereocenters. The number of hydrogen-bond acceptors (Lipinski definition) is 5. The van der Waals surface area contributed by atoms with E-state index in [1.807, 2.05) is 35.7 Å². The van der Waals surface area contributed by atoms with Crippen molar-refractivity contribution < 1.29 is 17.9 Å². The summed E-state index contributed by atoms with van der Waals surface area (Å²) in [6.45, 7) is 0.259. The van der Waals surface area contributed by atoms with Gasteiger partial charge in [0.25, 0.3) is 0 Å². The van der Waals surface area contributed by atoms with Crippen LogP contribution in [-0.4, -0.2) is 32.3 Å². The molecule has 0 saturated carbocycles. The lowest BCUT2D eigenvalue weighted by molar-refractivity contribution is -0.145. The van der Waals surface area contributed by atoms with E-state index < -0.39 is 22.0 Å². The number of carbonyl (C=O) groups is 1. The van der Waals surface area contributed by atoms with Gasteiger partial charge < -0.3 is 4.74 Å². The molecule has 0 N–H and O–H groups in total. The third-order valence-electron chi connectivity index (χ3n) is 3.91. The highest BCUT2D eigenvalue weighted by molar-refractivity contribution is 7.92. The van der Waals surface area contributed by atoms with E-state index in [-0.39, 0.29) is 6.54 Å². The molecule has 126 valence electrons. The summed E-state index contributed by atoms with van der Waals surface area (Å²) in [6, 6.07) is 10.0. The van der Waals surface area contributed by atoms with E-state index >= 15 is 0 Å². The lowest BCUT2D eigenvalue weighted by Crippen LogP contribution is -2.42. The largest absolute Gasteiger partial charge is 0.468 e. The van der Waals surface area contributed by atoms with E-state index in [2.05, 4.69) is 0 Å². The summed E-state index contributed by atoms with van der Waals surface area (Å²) < 4.78 is 31.6. The number of benzene rings is 1. The van der Waals surface area contributed by atoms with Crippen molar-refractivity contribution in [2.24, 2.45) is 0 Å². The highest BCUT2D eigenvalue weighted by atomic mass is 32.2. The van der Waals surface area contributed by atoms with Gasteiger partial charge in [0.05, 0.1) is 7.11 Å². The minimum absolute atomic E-state index is 0.259. The summed E-state index contributed by atoms with van der Waals surface area (Å²) in [6.07, 6.45) is 2.13. The third kappa shape index (κ3) is 3.28. The number of hydrogen-bond donors (Lipinski definition) is 0. The zero-order valence-corrected chi connectivity index (χ0v) is 14.7. The molecule has 1 aliphatic heterocycles. The second kappa shape index (κ2) is 6.88. The molecule has 0 spiro atoms. The molecule has 0 saturated heterocycles. The molecule has 1 unspecified atom stereocenters. The minimum Gasteiger partial charge on any atom is -0.468 e. The number of carbonyl (C=O) groups excluding carboxylic acids is 1. The molecule has 0 radical (unpaired) electrons. The Bertz CT molecular complexity index is 856. The Balaban J connectivity index is 1.94. The first kappa shape index (κ1) is 16.9. The smallest absolute Gasteiger partial charge is 0.328 e. The van der Waals surface area contributed by atoms with Gasteiger partial charge in [-0.05, 0) is 35.1 Å². The van der Waals surface area contributed by atoms with Crippen LogP contribution in [0.1, 0.15) is 22.0 Å². The van der Waals surface area contributed by atoms with Crippen molar-refractivity contribution in [1.29, 1.82) is 0 Å². The van der Waals surface area contributed by atoms with Crippen LogP contribution in [-0.2, 0) is 26.0 Å². The Hall–Kier alpha value is -1.96. The van der Waals surface area contributed by atoms with Crippen molar-refractivity contribution in [3.8, 4) is 0 Å². The molecule has 0 aliphatic carbocycles. The summed E-state index contributed by atoms with van der Waals surface area (Å²) in [5.41, 5.74) is 1.50. The number of nitrogens with zero attached hydrogens (tertiary/aromatic N) is 1.